The zero-order chi connectivity index (χ0) is 20.9. The fourth-order valence-electron chi connectivity index (χ4n) is 2.19. The quantitative estimate of drug-likeness (QED) is 0.608. The molecule has 0 atom stereocenters. The Bertz CT molecular complexity index is 966. The van der Waals surface area contributed by atoms with Crippen molar-refractivity contribution in [3.05, 3.63) is 45.9 Å². The number of nitrogens with one attached hydrogen (secondary N) is 1. The van der Waals surface area contributed by atoms with Crippen LogP contribution in [0.15, 0.2) is 45.8 Å². The molecule has 2 rings (SSSR count). The van der Waals surface area contributed by atoms with Crippen molar-refractivity contribution in [1.82, 2.24) is 4.31 Å². The van der Waals surface area contributed by atoms with Crippen molar-refractivity contribution in [2.24, 2.45) is 0 Å². The van der Waals surface area contributed by atoms with Gasteiger partial charge in [0.15, 0.2) is 6.61 Å². The van der Waals surface area contributed by atoms with E-state index in [0.29, 0.717) is 27.5 Å². The summed E-state index contributed by atoms with van der Waals surface area (Å²) < 4.78 is 37.6. The molecule has 2 aromatic carbocycles. The Morgan fingerprint density at radius 1 is 1.14 bits per heavy atom. The summed E-state index contributed by atoms with van der Waals surface area (Å²) in [7, 11) is -0.896. The van der Waals surface area contributed by atoms with Crippen LogP contribution in [-0.2, 0) is 14.8 Å². The van der Waals surface area contributed by atoms with Crippen LogP contribution >= 0.6 is 27.5 Å². The maximum Gasteiger partial charge on any atom is 0.262 e. The Balaban J connectivity index is 2.15. The highest BCUT2D eigenvalue weighted by Crippen LogP contribution is 2.30. The molecule has 0 aromatic heterocycles. The molecule has 0 fully saturated rings. The van der Waals surface area contributed by atoms with Gasteiger partial charge in [-0.3, -0.25) is 4.79 Å². The third-order valence-electron chi connectivity index (χ3n) is 3.54. The van der Waals surface area contributed by atoms with Crippen LogP contribution < -0.4 is 14.8 Å². The number of anilines is 1. The van der Waals surface area contributed by atoms with Crippen LogP contribution in [0.5, 0.6) is 11.5 Å². The Morgan fingerprint density at radius 3 is 2.43 bits per heavy atom. The number of benzene rings is 2. The molecule has 28 heavy (non-hydrogen) atoms. The number of hydrogen-bond acceptors (Lipinski definition) is 5. The Morgan fingerprint density at radius 2 is 1.82 bits per heavy atom. The van der Waals surface area contributed by atoms with E-state index in [2.05, 4.69) is 21.2 Å². The van der Waals surface area contributed by atoms with Crippen LogP contribution in [0.4, 0.5) is 5.69 Å². The highest BCUT2D eigenvalue weighted by molar-refractivity contribution is 9.10. The molecule has 1 amide bonds. The molecule has 0 saturated carbocycles. The van der Waals surface area contributed by atoms with E-state index in [-0.39, 0.29) is 17.3 Å². The zero-order valence-corrected chi connectivity index (χ0v) is 18.7. The smallest absolute Gasteiger partial charge is 0.262 e. The summed E-state index contributed by atoms with van der Waals surface area (Å²) in [5.74, 6) is 0.233. The molecule has 0 aliphatic rings. The lowest BCUT2D eigenvalue weighted by Crippen LogP contribution is -2.24. The first-order valence-corrected chi connectivity index (χ1v) is 10.8. The molecule has 0 unspecified atom stereocenters. The first-order valence-electron chi connectivity index (χ1n) is 8.22. The molecule has 7 nitrogen and oxygen atoms in total. The monoisotopic (exact) mass is 490 g/mol. The summed E-state index contributed by atoms with van der Waals surface area (Å²) in [6, 6.07) is 9.36. The van der Waals surface area contributed by atoms with Crippen LogP contribution in [0, 0.1) is 0 Å². The number of sulfonamides is 1. The molecular formula is C18H20BrClN2O5S. The maximum atomic E-state index is 12.5. The number of halogens is 2. The van der Waals surface area contributed by atoms with E-state index >= 15 is 0 Å². The largest absolute Gasteiger partial charge is 0.492 e. The van der Waals surface area contributed by atoms with E-state index in [1.165, 1.54) is 26.2 Å². The summed E-state index contributed by atoms with van der Waals surface area (Å²) in [6.45, 7) is 1.81. The SMILES string of the molecule is CCOc1ccc(NC(=O)COc2ccc(Cl)cc2Br)cc1S(=O)(=O)N(C)C. The number of carbonyl (C=O) groups is 1. The summed E-state index contributed by atoms with van der Waals surface area (Å²) >= 11 is 9.17. The van der Waals surface area contributed by atoms with Gasteiger partial charge in [-0.15, -0.1) is 0 Å². The van der Waals surface area contributed by atoms with E-state index in [4.69, 9.17) is 21.1 Å². The van der Waals surface area contributed by atoms with Crippen LogP contribution in [0.25, 0.3) is 0 Å². The average molecular weight is 492 g/mol. The number of amides is 1. The van der Waals surface area contributed by atoms with Crippen molar-refractivity contribution in [2.45, 2.75) is 11.8 Å². The number of nitrogens with zero attached hydrogens (tertiary/aromatic N) is 1. The lowest BCUT2D eigenvalue weighted by molar-refractivity contribution is -0.118. The minimum Gasteiger partial charge on any atom is -0.492 e. The molecule has 0 heterocycles. The topological polar surface area (TPSA) is 84.9 Å². The molecule has 1 N–H and O–H groups in total. The predicted molar refractivity (Wildman–Crippen MR) is 112 cm³/mol. The second-order valence-corrected chi connectivity index (χ2v) is 9.20. The minimum absolute atomic E-state index is 0.0292. The molecular weight excluding hydrogens is 472 g/mol. The normalized spacial score (nSPS) is 11.4. The number of hydrogen-bond donors (Lipinski definition) is 1. The highest BCUT2D eigenvalue weighted by atomic mass is 79.9. The molecule has 0 saturated heterocycles. The van der Waals surface area contributed by atoms with Crippen molar-refractivity contribution >= 4 is 49.1 Å². The third-order valence-corrected chi connectivity index (χ3v) is 6.23. The molecule has 0 aliphatic heterocycles. The fraction of sp³-hybridized carbons (Fsp3) is 0.278. The standard InChI is InChI=1S/C18H20BrClN2O5S/c1-4-26-16-8-6-13(10-17(16)28(24,25)22(2)3)21-18(23)11-27-15-7-5-12(20)9-14(15)19/h5-10H,4,11H2,1-3H3,(H,21,23). The Labute approximate surface area is 177 Å². The van der Waals surface area contributed by atoms with Crippen LogP contribution in [-0.4, -0.2) is 45.9 Å². The van der Waals surface area contributed by atoms with Gasteiger partial charge in [0.25, 0.3) is 5.91 Å². The third kappa shape index (κ3) is 5.60. The molecule has 152 valence electrons. The number of ether oxygens (including phenoxy) is 2. The van der Waals surface area contributed by atoms with Gasteiger partial charge in [0.1, 0.15) is 16.4 Å². The fourth-order valence-corrected chi connectivity index (χ4v) is 4.04. The van der Waals surface area contributed by atoms with Gasteiger partial charge in [-0.05, 0) is 59.3 Å². The van der Waals surface area contributed by atoms with Gasteiger partial charge in [-0.2, -0.15) is 0 Å². The van der Waals surface area contributed by atoms with Crippen LogP contribution in [0.1, 0.15) is 6.92 Å². The summed E-state index contributed by atoms with van der Waals surface area (Å²) in [5.41, 5.74) is 0.313. The van der Waals surface area contributed by atoms with Crippen molar-refractivity contribution in [3.8, 4) is 11.5 Å². The second-order valence-electron chi connectivity index (χ2n) is 5.79. The van der Waals surface area contributed by atoms with E-state index in [1.807, 2.05) is 0 Å². The van der Waals surface area contributed by atoms with Gasteiger partial charge in [0.05, 0.1) is 11.1 Å². The van der Waals surface area contributed by atoms with Crippen LogP contribution in [0.2, 0.25) is 5.02 Å². The first kappa shape index (κ1) is 22.5. The highest BCUT2D eigenvalue weighted by Gasteiger charge is 2.23. The summed E-state index contributed by atoms with van der Waals surface area (Å²) in [4.78, 5) is 12.2. The predicted octanol–water partition coefficient (Wildman–Crippen LogP) is 3.77. The maximum absolute atomic E-state index is 12.5. The van der Waals surface area contributed by atoms with E-state index in [1.54, 1.807) is 31.2 Å². The van der Waals surface area contributed by atoms with E-state index < -0.39 is 15.9 Å². The average Bonchev–Trinajstić information content (AvgIpc) is 2.62. The lowest BCUT2D eigenvalue weighted by atomic mass is 10.3. The van der Waals surface area contributed by atoms with E-state index in [9.17, 15) is 13.2 Å². The molecule has 0 radical (unpaired) electrons. The van der Waals surface area contributed by atoms with Crippen molar-refractivity contribution in [3.63, 3.8) is 0 Å². The second kappa shape index (κ2) is 9.60. The number of rotatable bonds is 8. The first-order chi connectivity index (χ1) is 13.1. The zero-order valence-electron chi connectivity index (χ0n) is 15.5. The van der Waals surface area contributed by atoms with Gasteiger partial charge in [0.2, 0.25) is 10.0 Å². The number of carbonyl (C=O) groups excluding carboxylic acids is 1. The van der Waals surface area contributed by atoms with Gasteiger partial charge in [-0.25, -0.2) is 12.7 Å². The van der Waals surface area contributed by atoms with Gasteiger partial charge >= 0.3 is 0 Å². The molecule has 2 aromatic rings. The van der Waals surface area contributed by atoms with Gasteiger partial charge < -0.3 is 14.8 Å². The van der Waals surface area contributed by atoms with Crippen molar-refractivity contribution in [2.75, 3.05) is 32.6 Å². The molecule has 0 aliphatic carbocycles. The van der Waals surface area contributed by atoms with E-state index in [0.717, 1.165) is 4.31 Å². The Hall–Kier alpha value is -1.81. The molecule has 0 spiro atoms. The van der Waals surface area contributed by atoms with Crippen molar-refractivity contribution < 1.29 is 22.7 Å². The van der Waals surface area contributed by atoms with Crippen LogP contribution in [0.3, 0.4) is 0 Å². The minimum atomic E-state index is -3.75. The molecule has 0 bridgehead atoms. The van der Waals surface area contributed by atoms with Crippen molar-refractivity contribution in [1.29, 1.82) is 0 Å². The van der Waals surface area contributed by atoms with Gasteiger partial charge in [-0.1, -0.05) is 11.6 Å². The molecule has 10 heteroatoms. The lowest BCUT2D eigenvalue weighted by Gasteiger charge is -2.16. The Kier molecular flexibility index (Phi) is 7.70. The van der Waals surface area contributed by atoms with Gasteiger partial charge in [0, 0.05) is 24.8 Å². The summed E-state index contributed by atoms with van der Waals surface area (Å²) in [5, 5.41) is 3.15. The summed E-state index contributed by atoms with van der Waals surface area (Å²) in [6.07, 6.45) is 0.